The van der Waals surface area contributed by atoms with Gasteiger partial charge in [0.1, 0.15) is 0 Å². The van der Waals surface area contributed by atoms with Gasteiger partial charge in [-0.2, -0.15) is 4.98 Å². The molecule has 2 fully saturated rings. The first kappa shape index (κ1) is 15.5. The fraction of sp³-hybridized carbons (Fsp3) is 0.812. The molecule has 0 bridgehead atoms. The van der Waals surface area contributed by atoms with Crippen LogP contribution in [0.5, 0.6) is 0 Å². The van der Waals surface area contributed by atoms with Crippen LogP contribution in [-0.2, 0) is 11.2 Å². The summed E-state index contributed by atoms with van der Waals surface area (Å²) in [5, 5.41) is 13.7. The van der Waals surface area contributed by atoms with E-state index in [1.165, 1.54) is 0 Å². The van der Waals surface area contributed by atoms with Crippen LogP contribution in [-0.4, -0.2) is 45.2 Å². The van der Waals surface area contributed by atoms with Crippen molar-refractivity contribution in [3.63, 3.8) is 0 Å². The zero-order valence-corrected chi connectivity index (χ0v) is 13.2. The van der Waals surface area contributed by atoms with Gasteiger partial charge in [-0.05, 0) is 39.0 Å². The number of nitrogens with zero attached hydrogens (tertiary/aromatic N) is 3. The Morgan fingerprint density at radius 2 is 2.27 bits per heavy atom. The molecule has 0 aromatic carbocycles. The summed E-state index contributed by atoms with van der Waals surface area (Å²) in [6, 6.07) is 0. The number of carbonyl (C=O) groups excluding carboxylic acids is 1. The maximum absolute atomic E-state index is 12.3. The predicted octanol–water partition coefficient (Wildman–Crippen LogP) is 1.89. The fourth-order valence-electron chi connectivity index (χ4n) is 3.06. The molecule has 2 atom stereocenters. The lowest BCUT2D eigenvalue weighted by Gasteiger charge is -2.34. The zero-order chi connectivity index (χ0) is 15.5. The zero-order valence-electron chi connectivity index (χ0n) is 13.2. The highest BCUT2D eigenvalue weighted by atomic mass is 16.5. The van der Waals surface area contributed by atoms with E-state index in [2.05, 4.69) is 10.1 Å². The Bertz CT molecular complexity index is 510. The Morgan fingerprint density at radius 3 is 3.00 bits per heavy atom. The average molecular weight is 307 g/mol. The third kappa shape index (κ3) is 3.85. The Morgan fingerprint density at radius 1 is 1.45 bits per heavy atom. The van der Waals surface area contributed by atoms with Gasteiger partial charge < -0.3 is 14.5 Å². The Labute approximate surface area is 130 Å². The second-order valence-corrected chi connectivity index (χ2v) is 6.66. The Balaban J connectivity index is 1.41. The second kappa shape index (κ2) is 6.77. The number of aryl methyl sites for hydroxylation is 1. The van der Waals surface area contributed by atoms with Crippen LogP contribution in [0.15, 0.2) is 4.52 Å². The quantitative estimate of drug-likeness (QED) is 0.868. The molecule has 3 rings (SSSR count). The molecule has 22 heavy (non-hydrogen) atoms. The van der Waals surface area contributed by atoms with Gasteiger partial charge in [0.05, 0.1) is 6.10 Å². The summed E-state index contributed by atoms with van der Waals surface area (Å²) in [6.45, 7) is 3.31. The summed E-state index contributed by atoms with van der Waals surface area (Å²) in [5.41, 5.74) is 0. The predicted molar refractivity (Wildman–Crippen MR) is 80.2 cm³/mol. The topological polar surface area (TPSA) is 79.5 Å². The molecule has 1 aliphatic carbocycles. The summed E-state index contributed by atoms with van der Waals surface area (Å²) in [6.07, 6.45) is 5.89. The summed E-state index contributed by atoms with van der Waals surface area (Å²) in [5.74, 6) is 2.37. The number of likely N-dealkylation sites (tertiary alicyclic amines) is 1. The molecular formula is C16H25N3O3. The molecule has 2 unspecified atom stereocenters. The van der Waals surface area contributed by atoms with Crippen molar-refractivity contribution in [3.8, 4) is 0 Å². The number of aliphatic hydroxyl groups is 1. The summed E-state index contributed by atoms with van der Waals surface area (Å²) in [7, 11) is 0. The van der Waals surface area contributed by atoms with Crippen molar-refractivity contribution in [1.82, 2.24) is 15.0 Å². The van der Waals surface area contributed by atoms with Crippen molar-refractivity contribution in [2.75, 3.05) is 13.1 Å². The van der Waals surface area contributed by atoms with Crippen LogP contribution >= 0.6 is 0 Å². The third-order valence-electron chi connectivity index (χ3n) is 4.70. The molecular weight excluding hydrogens is 282 g/mol. The Hall–Kier alpha value is -1.43. The van der Waals surface area contributed by atoms with Crippen LogP contribution in [0.25, 0.3) is 0 Å². The molecule has 1 saturated heterocycles. The van der Waals surface area contributed by atoms with Gasteiger partial charge in [0.25, 0.3) is 0 Å². The molecule has 1 aromatic rings. The van der Waals surface area contributed by atoms with Crippen molar-refractivity contribution in [2.24, 2.45) is 5.92 Å². The number of aromatic nitrogens is 2. The lowest BCUT2D eigenvalue weighted by Crippen LogP contribution is -2.42. The summed E-state index contributed by atoms with van der Waals surface area (Å²) >= 11 is 0. The first-order valence-electron chi connectivity index (χ1n) is 8.42. The van der Waals surface area contributed by atoms with E-state index in [0.717, 1.165) is 44.5 Å². The van der Waals surface area contributed by atoms with Gasteiger partial charge in [-0.15, -0.1) is 0 Å². The molecule has 1 aromatic heterocycles. The first-order chi connectivity index (χ1) is 10.6. The van der Waals surface area contributed by atoms with E-state index in [1.807, 2.05) is 11.8 Å². The minimum Gasteiger partial charge on any atom is -0.393 e. The van der Waals surface area contributed by atoms with E-state index in [-0.39, 0.29) is 17.9 Å². The van der Waals surface area contributed by atoms with Crippen LogP contribution in [0.4, 0.5) is 0 Å². The number of amides is 1. The molecule has 0 radical (unpaired) electrons. The molecule has 2 heterocycles. The number of carbonyl (C=O) groups is 1. The van der Waals surface area contributed by atoms with E-state index >= 15 is 0 Å². The highest BCUT2D eigenvalue weighted by Gasteiger charge is 2.29. The lowest BCUT2D eigenvalue weighted by molar-refractivity contribution is -0.133. The van der Waals surface area contributed by atoms with Crippen molar-refractivity contribution >= 4 is 5.91 Å². The smallest absolute Gasteiger partial charge is 0.226 e. The van der Waals surface area contributed by atoms with E-state index in [4.69, 9.17) is 4.52 Å². The molecule has 1 aliphatic heterocycles. The van der Waals surface area contributed by atoms with Crippen LogP contribution in [0.1, 0.15) is 63.1 Å². The largest absolute Gasteiger partial charge is 0.393 e. The number of piperidine rings is 1. The highest BCUT2D eigenvalue weighted by molar-refractivity contribution is 5.76. The van der Waals surface area contributed by atoms with Gasteiger partial charge in [-0.3, -0.25) is 4.79 Å². The van der Waals surface area contributed by atoms with Gasteiger partial charge in [0.2, 0.25) is 11.8 Å². The first-order valence-corrected chi connectivity index (χ1v) is 8.42. The second-order valence-electron chi connectivity index (χ2n) is 6.66. The standard InChI is InChI=1S/C16H25N3O3/c1-11(20)13-4-3-9-19(10-13)15(21)6-2-5-14-17-16(18-22-14)12-7-8-12/h11-13,20H,2-10H2,1H3. The van der Waals surface area contributed by atoms with Crippen LogP contribution in [0.3, 0.4) is 0 Å². The van der Waals surface area contributed by atoms with E-state index in [9.17, 15) is 9.90 Å². The number of hydrogen-bond acceptors (Lipinski definition) is 5. The maximum Gasteiger partial charge on any atom is 0.226 e. The normalized spacial score (nSPS) is 23.5. The minimum absolute atomic E-state index is 0.173. The van der Waals surface area contributed by atoms with Crippen molar-refractivity contribution < 1.29 is 14.4 Å². The van der Waals surface area contributed by atoms with Gasteiger partial charge in [0, 0.05) is 37.8 Å². The fourth-order valence-corrected chi connectivity index (χ4v) is 3.06. The van der Waals surface area contributed by atoms with Crippen LogP contribution < -0.4 is 0 Å². The number of aliphatic hydroxyl groups excluding tert-OH is 1. The monoisotopic (exact) mass is 307 g/mol. The van der Waals surface area contributed by atoms with E-state index in [0.29, 0.717) is 31.2 Å². The summed E-state index contributed by atoms with van der Waals surface area (Å²) < 4.78 is 5.22. The number of rotatable bonds is 6. The van der Waals surface area contributed by atoms with Crippen molar-refractivity contribution in [2.45, 2.75) is 63.9 Å². The lowest BCUT2D eigenvalue weighted by atomic mass is 9.93. The minimum atomic E-state index is -0.338. The SMILES string of the molecule is CC(O)C1CCCN(C(=O)CCCc2nc(C3CC3)no2)C1. The van der Waals surface area contributed by atoms with Crippen molar-refractivity contribution in [1.29, 1.82) is 0 Å². The molecule has 6 nitrogen and oxygen atoms in total. The van der Waals surface area contributed by atoms with E-state index < -0.39 is 0 Å². The molecule has 1 saturated carbocycles. The van der Waals surface area contributed by atoms with Gasteiger partial charge in [-0.25, -0.2) is 0 Å². The highest BCUT2D eigenvalue weighted by Crippen LogP contribution is 2.38. The van der Waals surface area contributed by atoms with Crippen molar-refractivity contribution in [3.05, 3.63) is 11.7 Å². The van der Waals surface area contributed by atoms with Crippen LogP contribution in [0, 0.1) is 5.92 Å². The summed E-state index contributed by atoms with van der Waals surface area (Å²) in [4.78, 5) is 18.5. The molecule has 0 spiro atoms. The molecule has 2 aliphatic rings. The molecule has 1 N–H and O–H groups in total. The Kier molecular flexibility index (Phi) is 4.76. The van der Waals surface area contributed by atoms with Crippen LogP contribution in [0.2, 0.25) is 0 Å². The average Bonchev–Trinajstić information content (AvgIpc) is 3.27. The van der Waals surface area contributed by atoms with Gasteiger partial charge >= 0.3 is 0 Å². The van der Waals surface area contributed by atoms with Gasteiger partial charge in [0.15, 0.2) is 5.82 Å². The maximum atomic E-state index is 12.3. The molecule has 6 heteroatoms. The van der Waals surface area contributed by atoms with E-state index in [1.54, 1.807) is 0 Å². The third-order valence-corrected chi connectivity index (χ3v) is 4.70. The molecule has 122 valence electrons. The van der Waals surface area contributed by atoms with Gasteiger partial charge in [-0.1, -0.05) is 5.16 Å². The molecule has 1 amide bonds. The number of hydrogen-bond donors (Lipinski definition) is 1.